The number of hydrogen-bond donors (Lipinski definition) is 2. The lowest BCUT2D eigenvalue weighted by Gasteiger charge is -2.22. The van der Waals surface area contributed by atoms with Crippen LogP contribution in [0.4, 0.5) is 5.69 Å². The van der Waals surface area contributed by atoms with Crippen LogP contribution >= 0.6 is 0 Å². The normalized spacial score (nSPS) is 15.7. The molecule has 0 spiro atoms. The average molecular weight is 485 g/mol. The minimum atomic E-state index is -1.15. The Balaban J connectivity index is 1.45. The number of ether oxygens (including phenoxy) is 1. The first kappa shape index (κ1) is 24.7. The molecular weight excluding hydrogens is 456 g/mol. The molecule has 3 aromatic rings. The van der Waals surface area contributed by atoms with Gasteiger partial charge in [0.15, 0.2) is 0 Å². The van der Waals surface area contributed by atoms with Gasteiger partial charge in [-0.3, -0.25) is 14.4 Å². The molecule has 184 valence electrons. The molecule has 1 aliphatic rings. The molecule has 8 heteroatoms. The Morgan fingerprint density at radius 3 is 2.33 bits per heavy atom. The summed E-state index contributed by atoms with van der Waals surface area (Å²) in [5.41, 5.74) is 2.91. The van der Waals surface area contributed by atoms with Crippen LogP contribution in [0.2, 0.25) is 0 Å². The van der Waals surface area contributed by atoms with Crippen LogP contribution in [0.25, 0.3) is 0 Å². The highest BCUT2D eigenvalue weighted by molar-refractivity contribution is 6.20. The lowest BCUT2D eigenvalue weighted by Crippen LogP contribution is -2.52. The first-order valence-corrected chi connectivity index (χ1v) is 11.7. The lowest BCUT2D eigenvalue weighted by molar-refractivity contribution is -0.131. The average Bonchev–Trinajstić information content (AvgIpc) is 3.00. The maximum absolute atomic E-state index is 13.2. The molecule has 0 unspecified atom stereocenters. The number of hydrogen-bond acceptors (Lipinski definition) is 5. The molecule has 0 saturated heterocycles. The maximum atomic E-state index is 13.2. The van der Waals surface area contributed by atoms with Gasteiger partial charge >= 0.3 is 0 Å². The van der Waals surface area contributed by atoms with Gasteiger partial charge in [-0.05, 0) is 25.1 Å². The van der Waals surface area contributed by atoms with Crippen molar-refractivity contribution in [3.05, 3.63) is 96.1 Å². The van der Waals surface area contributed by atoms with E-state index in [9.17, 15) is 14.4 Å². The summed E-state index contributed by atoms with van der Waals surface area (Å²) < 4.78 is 5.54. The Morgan fingerprint density at radius 1 is 0.972 bits per heavy atom. The molecule has 3 amide bonds. The van der Waals surface area contributed by atoms with Crippen molar-refractivity contribution in [3.8, 4) is 5.75 Å². The van der Waals surface area contributed by atoms with E-state index in [0.717, 1.165) is 11.1 Å². The van der Waals surface area contributed by atoms with E-state index < -0.39 is 18.1 Å². The molecule has 8 nitrogen and oxygen atoms in total. The van der Waals surface area contributed by atoms with Gasteiger partial charge in [-0.15, -0.1) is 0 Å². The summed E-state index contributed by atoms with van der Waals surface area (Å²) in [7, 11) is 1.65. The van der Waals surface area contributed by atoms with E-state index in [4.69, 9.17) is 4.74 Å². The number of fused-ring (bicyclic) bond motifs is 1. The number of nitrogens with one attached hydrogen (secondary N) is 2. The molecule has 0 saturated carbocycles. The van der Waals surface area contributed by atoms with Crippen molar-refractivity contribution >= 4 is 29.1 Å². The van der Waals surface area contributed by atoms with Crippen molar-refractivity contribution in [1.82, 2.24) is 10.6 Å². The molecule has 4 rings (SSSR count). The molecule has 0 aliphatic carbocycles. The molecule has 36 heavy (non-hydrogen) atoms. The minimum absolute atomic E-state index is 0.0865. The Hall–Kier alpha value is -4.46. The first-order valence-electron chi connectivity index (χ1n) is 11.7. The summed E-state index contributed by atoms with van der Waals surface area (Å²) in [5, 5.41) is 5.35. The van der Waals surface area contributed by atoms with Crippen LogP contribution in [-0.4, -0.2) is 49.3 Å². The second-order valence-electron chi connectivity index (χ2n) is 8.37. The van der Waals surface area contributed by atoms with Crippen LogP contribution in [0.3, 0.4) is 0 Å². The Bertz CT molecular complexity index is 1260. The first-order chi connectivity index (χ1) is 17.4. The number of nitrogens with zero attached hydrogens (tertiary/aromatic N) is 2. The largest absolute Gasteiger partial charge is 0.493 e. The summed E-state index contributed by atoms with van der Waals surface area (Å²) >= 11 is 0. The summed E-state index contributed by atoms with van der Waals surface area (Å²) in [5.74, 6) is -0.559. The number of carbonyl (C=O) groups is 3. The molecule has 3 aromatic carbocycles. The fourth-order valence-electron chi connectivity index (χ4n) is 3.86. The van der Waals surface area contributed by atoms with Crippen molar-refractivity contribution in [3.63, 3.8) is 0 Å². The third kappa shape index (κ3) is 5.78. The zero-order valence-electron chi connectivity index (χ0n) is 20.2. The van der Waals surface area contributed by atoms with Crippen LogP contribution in [0.5, 0.6) is 5.75 Å². The van der Waals surface area contributed by atoms with E-state index >= 15 is 0 Å². The Labute approximate surface area is 210 Å². The van der Waals surface area contributed by atoms with Crippen molar-refractivity contribution in [2.75, 3.05) is 18.6 Å². The SMILES string of the molecule is C[C@H](NC(=O)CCOc1ccccc1)C(=O)N[C@H]1N=C(c2ccccc2)c2ccccc2N(C)C1=O. The van der Waals surface area contributed by atoms with E-state index in [-0.39, 0.29) is 24.8 Å². The van der Waals surface area contributed by atoms with Gasteiger partial charge in [0.25, 0.3) is 5.91 Å². The van der Waals surface area contributed by atoms with Gasteiger partial charge in [-0.2, -0.15) is 0 Å². The molecule has 2 atom stereocenters. The van der Waals surface area contributed by atoms with E-state index in [1.165, 1.54) is 4.90 Å². The number of rotatable bonds is 8. The van der Waals surface area contributed by atoms with E-state index in [1.807, 2.05) is 72.8 Å². The van der Waals surface area contributed by atoms with Crippen LogP contribution in [0.15, 0.2) is 89.9 Å². The monoisotopic (exact) mass is 484 g/mol. The molecule has 0 fully saturated rings. The molecule has 0 radical (unpaired) electrons. The zero-order valence-corrected chi connectivity index (χ0v) is 20.2. The van der Waals surface area contributed by atoms with Crippen molar-refractivity contribution in [2.45, 2.75) is 25.6 Å². The molecule has 1 heterocycles. The predicted molar refractivity (Wildman–Crippen MR) is 138 cm³/mol. The van der Waals surface area contributed by atoms with E-state index in [0.29, 0.717) is 17.1 Å². The number of benzene rings is 3. The van der Waals surface area contributed by atoms with E-state index in [2.05, 4.69) is 15.6 Å². The number of aliphatic imine (C=N–C) groups is 1. The molecule has 1 aliphatic heterocycles. The molecule has 2 N–H and O–H groups in total. The second kappa shape index (κ2) is 11.3. The number of para-hydroxylation sites is 2. The lowest BCUT2D eigenvalue weighted by atomic mass is 10.0. The second-order valence-corrected chi connectivity index (χ2v) is 8.37. The number of likely N-dealkylation sites (N-methyl/N-ethyl adjacent to an activating group) is 1. The van der Waals surface area contributed by atoms with Crippen LogP contribution in [0.1, 0.15) is 24.5 Å². The van der Waals surface area contributed by atoms with Gasteiger partial charge in [-0.25, -0.2) is 4.99 Å². The van der Waals surface area contributed by atoms with Crippen LogP contribution in [0, 0.1) is 0 Å². The zero-order chi connectivity index (χ0) is 25.5. The number of anilines is 1. The Kier molecular flexibility index (Phi) is 7.75. The standard InChI is InChI=1S/C28H28N4O4/c1-19(29-24(33)17-18-36-21-13-7-4-8-14-21)27(34)31-26-28(35)32(2)23-16-10-9-15-22(23)25(30-26)20-11-5-3-6-12-20/h3-16,19,26H,17-18H2,1-2H3,(H,29,33)(H,31,34)/t19-,26+/m0/s1. The van der Waals surface area contributed by atoms with Crippen LogP contribution in [-0.2, 0) is 14.4 Å². The third-order valence-electron chi connectivity index (χ3n) is 5.78. The van der Waals surface area contributed by atoms with Gasteiger partial charge in [0.2, 0.25) is 18.0 Å². The highest BCUT2D eigenvalue weighted by Crippen LogP contribution is 2.27. The number of benzodiazepines with no additional fused rings is 1. The number of carbonyl (C=O) groups excluding carboxylic acids is 3. The van der Waals surface area contributed by atoms with Gasteiger partial charge < -0.3 is 20.3 Å². The van der Waals surface area contributed by atoms with Crippen LogP contribution < -0.4 is 20.3 Å². The smallest absolute Gasteiger partial charge is 0.272 e. The summed E-state index contributed by atoms with van der Waals surface area (Å²) in [4.78, 5) is 44.6. The predicted octanol–water partition coefficient (Wildman–Crippen LogP) is 2.92. The van der Waals surface area contributed by atoms with Gasteiger partial charge in [0.05, 0.1) is 24.4 Å². The molecule has 0 bridgehead atoms. The number of amides is 3. The van der Waals surface area contributed by atoms with Gasteiger partial charge in [-0.1, -0.05) is 66.7 Å². The van der Waals surface area contributed by atoms with Crippen molar-refractivity contribution in [2.24, 2.45) is 4.99 Å². The third-order valence-corrected chi connectivity index (χ3v) is 5.78. The van der Waals surface area contributed by atoms with Gasteiger partial charge in [0.1, 0.15) is 11.8 Å². The fourth-order valence-corrected chi connectivity index (χ4v) is 3.86. The highest BCUT2D eigenvalue weighted by Gasteiger charge is 2.32. The summed E-state index contributed by atoms with van der Waals surface area (Å²) in [6.07, 6.45) is -1.06. The highest BCUT2D eigenvalue weighted by atomic mass is 16.5. The maximum Gasteiger partial charge on any atom is 0.272 e. The Morgan fingerprint density at radius 2 is 1.61 bits per heavy atom. The fraction of sp³-hybridized carbons (Fsp3) is 0.214. The van der Waals surface area contributed by atoms with Crippen molar-refractivity contribution < 1.29 is 19.1 Å². The minimum Gasteiger partial charge on any atom is -0.493 e. The summed E-state index contributed by atoms with van der Waals surface area (Å²) in [6.45, 7) is 1.74. The molecular formula is C28H28N4O4. The topological polar surface area (TPSA) is 100 Å². The quantitative estimate of drug-likeness (QED) is 0.514. The molecule has 0 aromatic heterocycles. The van der Waals surface area contributed by atoms with Gasteiger partial charge in [0, 0.05) is 18.2 Å². The van der Waals surface area contributed by atoms with Crippen molar-refractivity contribution in [1.29, 1.82) is 0 Å². The summed E-state index contributed by atoms with van der Waals surface area (Å²) in [6, 6.07) is 25.3. The van der Waals surface area contributed by atoms with E-state index in [1.54, 1.807) is 26.1 Å².